The van der Waals surface area contributed by atoms with Crippen LogP contribution in [-0.2, 0) is 9.53 Å². The van der Waals surface area contributed by atoms with Gasteiger partial charge in [-0.1, -0.05) is 18.2 Å². The molecule has 0 aliphatic carbocycles. The Hall–Kier alpha value is -1.77. The van der Waals surface area contributed by atoms with Gasteiger partial charge in [-0.2, -0.15) is 0 Å². The van der Waals surface area contributed by atoms with E-state index in [0.29, 0.717) is 0 Å². The van der Waals surface area contributed by atoms with E-state index < -0.39 is 0 Å². The molecule has 3 heteroatoms. The molecule has 0 aliphatic heterocycles. The fourth-order valence-electron chi connectivity index (χ4n) is 1.32. The molecule has 0 aliphatic rings. The first-order chi connectivity index (χ1) is 7.17. The van der Waals surface area contributed by atoms with Crippen LogP contribution in [0.3, 0.4) is 0 Å². The molecule has 1 aromatic carbocycles. The lowest BCUT2D eigenvalue weighted by Crippen LogP contribution is -2.06. The number of carbonyl (C=O) groups excluding carboxylic acids is 1. The van der Waals surface area contributed by atoms with E-state index in [1.807, 2.05) is 0 Å². The van der Waals surface area contributed by atoms with Crippen molar-refractivity contribution >= 4 is 5.97 Å². The average Bonchev–Trinajstić information content (AvgIpc) is 2.27. The van der Waals surface area contributed by atoms with Crippen LogP contribution in [0.1, 0.15) is 17.9 Å². The van der Waals surface area contributed by atoms with Gasteiger partial charge >= 0.3 is 5.97 Å². The van der Waals surface area contributed by atoms with Crippen molar-refractivity contribution in [3.05, 3.63) is 42.5 Å². The first-order valence-corrected chi connectivity index (χ1v) is 4.65. The molecule has 1 N–H and O–H groups in total. The van der Waals surface area contributed by atoms with Crippen molar-refractivity contribution < 1.29 is 14.6 Å². The van der Waals surface area contributed by atoms with Gasteiger partial charge in [0.05, 0.1) is 13.5 Å². The molecule has 0 saturated heterocycles. The minimum atomic E-state index is -0.270. The van der Waals surface area contributed by atoms with Gasteiger partial charge in [0.1, 0.15) is 5.75 Å². The summed E-state index contributed by atoms with van der Waals surface area (Å²) in [6, 6.07) is 6.71. The second-order valence-electron chi connectivity index (χ2n) is 3.21. The Morgan fingerprint density at radius 2 is 2.13 bits per heavy atom. The number of rotatable bonds is 4. The van der Waals surface area contributed by atoms with Gasteiger partial charge < -0.3 is 9.84 Å². The van der Waals surface area contributed by atoms with E-state index in [4.69, 9.17) is 5.11 Å². The van der Waals surface area contributed by atoms with Crippen molar-refractivity contribution in [1.82, 2.24) is 0 Å². The lowest BCUT2D eigenvalue weighted by molar-refractivity contribution is -0.140. The Bertz CT molecular complexity index is 340. The van der Waals surface area contributed by atoms with Gasteiger partial charge in [-0.15, -0.1) is 6.58 Å². The van der Waals surface area contributed by atoms with Crippen molar-refractivity contribution in [2.24, 2.45) is 0 Å². The number of benzene rings is 1. The highest BCUT2D eigenvalue weighted by atomic mass is 16.5. The summed E-state index contributed by atoms with van der Waals surface area (Å²) in [6.07, 6.45) is 1.97. The van der Waals surface area contributed by atoms with E-state index in [-0.39, 0.29) is 24.1 Å². The summed E-state index contributed by atoms with van der Waals surface area (Å²) in [5.74, 6) is -0.134. The highest BCUT2D eigenvalue weighted by molar-refractivity contribution is 5.70. The van der Waals surface area contributed by atoms with E-state index in [0.717, 1.165) is 5.56 Å². The first kappa shape index (κ1) is 11.3. The molecule has 0 saturated carbocycles. The van der Waals surface area contributed by atoms with Gasteiger partial charge in [0.15, 0.2) is 0 Å². The third-order valence-corrected chi connectivity index (χ3v) is 2.22. The zero-order chi connectivity index (χ0) is 11.3. The molecule has 0 aromatic heterocycles. The van der Waals surface area contributed by atoms with Crippen LogP contribution in [0.15, 0.2) is 36.9 Å². The predicted molar refractivity (Wildman–Crippen MR) is 57.7 cm³/mol. The summed E-state index contributed by atoms with van der Waals surface area (Å²) in [6.45, 7) is 3.68. The van der Waals surface area contributed by atoms with E-state index >= 15 is 0 Å². The van der Waals surface area contributed by atoms with E-state index in [1.165, 1.54) is 7.11 Å². The standard InChI is InChI=1S/C12H14O3/c1-3-9(8-12(14)15-2)10-4-6-11(13)7-5-10/h3-7,9,13H,1,8H2,2H3. The summed E-state index contributed by atoms with van der Waals surface area (Å²) in [5, 5.41) is 9.12. The quantitative estimate of drug-likeness (QED) is 0.607. The number of esters is 1. The van der Waals surface area contributed by atoms with Crippen LogP contribution < -0.4 is 0 Å². The summed E-state index contributed by atoms with van der Waals surface area (Å²) in [7, 11) is 1.36. The fourth-order valence-corrected chi connectivity index (χ4v) is 1.32. The van der Waals surface area contributed by atoms with Gasteiger partial charge in [0, 0.05) is 5.92 Å². The number of aromatic hydroxyl groups is 1. The molecule has 80 valence electrons. The lowest BCUT2D eigenvalue weighted by Gasteiger charge is -2.11. The van der Waals surface area contributed by atoms with Crippen molar-refractivity contribution in [3.63, 3.8) is 0 Å². The number of phenolic OH excluding ortho intramolecular Hbond substituents is 1. The molecule has 1 atom stereocenters. The molecule has 15 heavy (non-hydrogen) atoms. The summed E-state index contributed by atoms with van der Waals surface area (Å²) < 4.78 is 4.59. The molecule has 0 heterocycles. The number of carbonyl (C=O) groups is 1. The van der Waals surface area contributed by atoms with Crippen LogP contribution >= 0.6 is 0 Å². The maximum absolute atomic E-state index is 11.1. The molecule has 1 unspecified atom stereocenters. The minimum Gasteiger partial charge on any atom is -0.508 e. The van der Waals surface area contributed by atoms with Gasteiger partial charge in [-0.3, -0.25) is 4.79 Å². The predicted octanol–water partition coefficient (Wildman–Crippen LogP) is 2.22. The Labute approximate surface area is 89.0 Å². The molecule has 0 radical (unpaired) electrons. The summed E-state index contributed by atoms with van der Waals surface area (Å²) in [4.78, 5) is 11.1. The minimum absolute atomic E-state index is 0.0713. The first-order valence-electron chi connectivity index (χ1n) is 4.65. The molecule has 1 aromatic rings. The van der Waals surface area contributed by atoms with Gasteiger partial charge in [0.25, 0.3) is 0 Å². The van der Waals surface area contributed by atoms with E-state index in [1.54, 1.807) is 30.3 Å². The number of methoxy groups -OCH3 is 1. The topological polar surface area (TPSA) is 46.5 Å². The SMILES string of the molecule is C=CC(CC(=O)OC)c1ccc(O)cc1. The van der Waals surface area contributed by atoms with Crippen LogP contribution in [0, 0.1) is 0 Å². The largest absolute Gasteiger partial charge is 0.508 e. The van der Waals surface area contributed by atoms with Crippen LogP contribution in [0.4, 0.5) is 0 Å². The molecule has 0 spiro atoms. The summed E-state index contributed by atoms with van der Waals surface area (Å²) in [5.41, 5.74) is 0.938. The van der Waals surface area contributed by atoms with Crippen molar-refractivity contribution in [2.75, 3.05) is 7.11 Å². The van der Waals surface area contributed by atoms with Crippen LogP contribution in [-0.4, -0.2) is 18.2 Å². The Balaban J connectivity index is 2.78. The van der Waals surface area contributed by atoms with Crippen LogP contribution in [0.5, 0.6) is 5.75 Å². The molecule has 3 nitrogen and oxygen atoms in total. The van der Waals surface area contributed by atoms with E-state index in [2.05, 4.69) is 11.3 Å². The summed E-state index contributed by atoms with van der Waals surface area (Å²) >= 11 is 0. The third-order valence-electron chi connectivity index (χ3n) is 2.22. The molecule has 0 fully saturated rings. The highest BCUT2D eigenvalue weighted by Crippen LogP contribution is 2.23. The van der Waals surface area contributed by atoms with Crippen molar-refractivity contribution in [1.29, 1.82) is 0 Å². The Morgan fingerprint density at radius 3 is 2.60 bits per heavy atom. The Kier molecular flexibility index (Phi) is 3.92. The molecular formula is C12H14O3. The number of ether oxygens (including phenoxy) is 1. The van der Waals surface area contributed by atoms with E-state index in [9.17, 15) is 4.79 Å². The maximum Gasteiger partial charge on any atom is 0.306 e. The van der Waals surface area contributed by atoms with Crippen LogP contribution in [0.2, 0.25) is 0 Å². The number of phenols is 1. The second-order valence-corrected chi connectivity index (χ2v) is 3.21. The number of allylic oxidation sites excluding steroid dienone is 1. The van der Waals surface area contributed by atoms with Crippen molar-refractivity contribution in [3.8, 4) is 5.75 Å². The van der Waals surface area contributed by atoms with Crippen molar-refractivity contribution in [2.45, 2.75) is 12.3 Å². The van der Waals surface area contributed by atoms with Gasteiger partial charge in [0.2, 0.25) is 0 Å². The number of hydrogen-bond donors (Lipinski definition) is 1. The Morgan fingerprint density at radius 1 is 1.53 bits per heavy atom. The number of hydrogen-bond acceptors (Lipinski definition) is 3. The molecule has 0 amide bonds. The zero-order valence-electron chi connectivity index (χ0n) is 8.64. The highest BCUT2D eigenvalue weighted by Gasteiger charge is 2.12. The molecular weight excluding hydrogens is 192 g/mol. The lowest BCUT2D eigenvalue weighted by atomic mass is 9.96. The third kappa shape index (κ3) is 3.13. The zero-order valence-corrected chi connectivity index (χ0v) is 8.64. The average molecular weight is 206 g/mol. The van der Waals surface area contributed by atoms with Gasteiger partial charge in [-0.05, 0) is 17.7 Å². The smallest absolute Gasteiger partial charge is 0.306 e. The maximum atomic E-state index is 11.1. The monoisotopic (exact) mass is 206 g/mol. The second kappa shape index (κ2) is 5.20. The normalized spacial score (nSPS) is 11.8. The van der Waals surface area contributed by atoms with Gasteiger partial charge in [-0.25, -0.2) is 0 Å². The molecule has 0 bridgehead atoms. The molecule has 1 rings (SSSR count). The van der Waals surface area contributed by atoms with Crippen LogP contribution in [0.25, 0.3) is 0 Å². The fraction of sp³-hybridized carbons (Fsp3) is 0.250.